The van der Waals surface area contributed by atoms with Crippen LogP contribution in [0.5, 0.6) is 11.5 Å². The van der Waals surface area contributed by atoms with E-state index in [0.717, 1.165) is 11.1 Å². The predicted octanol–water partition coefficient (Wildman–Crippen LogP) is 3.97. The van der Waals surface area contributed by atoms with E-state index in [0.29, 0.717) is 11.5 Å². The molecule has 2 rings (SSSR count). The summed E-state index contributed by atoms with van der Waals surface area (Å²) in [6.07, 6.45) is 6.75. The molecule has 4 heteroatoms. The van der Waals surface area contributed by atoms with E-state index < -0.39 is 5.97 Å². The van der Waals surface area contributed by atoms with Crippen LogP contribution in [-0.4, -0.2) is 26.8 Å². The third kappa shape index (κ3) is 5.65. The molecule has 2 aromatic rings. The van der Waals surface area contributed by atoms with Crippen LogP contribution in [0, 0.1) is 0 Å². The average Bonchev–Trinajstić information content (AvgIpc) is 2.64. The van der Waals surface area contributed by atoms with Gasteiger partial charge in [-0.1, -0.05) is 36.4 Å². The summed E-state index contributed by atoms with van der Waals surface area (Å²) in [6, 6.07) is 15.2. The third-order valence-electron chi connectivity index (χ3n) is 3.22. The van der Waals surface area contributed by atoms with Gasteiger partial charge in [-0.3, -0.25) is 0 Å². The van der Waals surface area contributed by atoms with Crippen LogP contribution in [0.15, 0.2) is 60.7 Å². The summed E-state index contributed by atoms with van der Waals surface area (Å²) in [7, 11) is 3.16. The fourth-order valence-electron chi connectivity index (χ4n) is 2.02. The van der Waals surface area contributed by atoms with Crippen LogP contribution >= 0.6 is 0 Å². The zero-order valence-corrected chi connectivity index (χ0v) is 13.8. The van der Waals surface area contributed by atoms with Crippen LogP contribution in [0.4, 0.5) is 0 Å². The zero-order valence-electron chi connectivity index (χ0n) is 13.8. The molecular formula is C20H20O4. The molecule has 0 fully saturated rings. The number of hydrogen-bond donors (Lipinski definition) is 0. The Morgan fingerprint density at radius 2 is 1.58 bits per heavy atom. The maximum Gasteiger partial charge on any atom is 0.331 e. The van der Waals surface area contributed by atoms with Crippen LogP contribution in [0.1, 0.15) is 11.1 Å². The van der Waals surface area contributed by atoms with Gasteiger partial charge < -0.3 is 14.2 Å². The SMILES string of the molecule is COc1cc(/C=C/C(=O)OC/C=C/c2ccccc2)cc(OC)c1. The molecule has 124 valence electrons. The molecule has 0 aliphatic heterocycles. The van der Waals surface area contributed by atoms with Gasteiger partial charge >= 0.3 is 5.97 Å². The number of esters is 1. The number of carbonyl (C=O) groups excluding carboxylic acids is 1. The first kappa shape index (κ1) is 17.3. The number of hydrogen-bond acceptors (Lipinski definition) is 4. The largest absolute Gasteiger partial charge is 0.497 e. The Hall–Kier alpha value is -3.01. The van der Waals surface area contributed by atoms with Gasteiger partial charge in [-0.2, -0.15) is 0 Å². The van der Waals surface area contributed by atoms with Crippen LogP contribution in [-0.2, 0) is 9.53 Å². The summed E-state index contributed by atoms with van der Waals surface area (Å²) in [6.45, 7) is 0.222. The first-order chi connectivity index (χ1) is 11.7. The van der Waals surface area contributed by atoms with Crippen molar-refractivity contribution in [3.8, 4) is 11.5 Å². The highest BCUT2D eigenvalue weighted by Crippen LogP contribution is 2.23. The molecule has 0 heterocycles. The number of carbonyl (C=O) groups is 1. The minimum Gasteiger partial charge on any atom is -0.497 e. The molecule has 0 aromatic heterocycles. The first-order valence-corrected chi connectivity index (χ1v) is 7.51. The Bertz CT molecular complexity index is 695. The van der Waals surface area contributed by atoms with Gasteiger partial charge in [0.05, 0.1) is 14.2 Å². The van der Waals surface area contributed by atoms with Crippen molar-refractivity contribution in [3.63, 3.8) is 0 Å². The van der Waals surface area contributed by atoms with Gasteiger partial charge in [-0.05, 0) is 35.4 Å². The van der Waals surface area contributed by atoms with Crippen LogP contribution in [0.25, 0.3) is 12.2 Å². The van der Waals surface area contributed by atoms with Crippen LogP contribution in [0.2, 0.25) is 0 Å². The molecule has 0 aliphatic carbocycles. The predicted molar refractivity (Wildman–Crippen MR) is 95.0 cm³/mol. The lowest BCUT2D eigenvalue weighted by atomic mass is 10.2. The summed E-state index contributed by atoms with van der Waals surface area (Å²) in [5.41, 5.74) is 1.86. The second-order valence-corrected chi connectivity index (χ2v) is 4.92. The van der Waals surface area contributed by atoms with Gasteiger partial charge in [0.25, 0.3) is 0 Å². The Labute approximate surface area is 142 Å². The lowest BCUT2D eigenvalue weighted by molar-refractivity contribution is -0.136. The van der Waals surface area contributed by atoms with E-state index in [1.54, 1.807) is 32.4 Å². The molecular weight excluding hydrogens is 304 g/mol. The second-order valence-electron chi connectivity index (χ2n) is 4.92. The smallest absolute Gasteiger partial charge is 0.331 e. The Morgan fingerprint density at radius 1 is 0.917 bits per heavy atom. The normalized spacial score (nSPS) is 10.9. The van der Waals surface area contributed by atoms with Gasteiger partial charge in [0.15, 0.2) is 0 Å². The topological polar surface area (TPSA) is 44.8 Å². The molecule has 2 aromatic carbocycles. The monoisotopic (exact) mass is 324 g/mol. The van der Waals surface area contributed by atoms with E-state index in [-0.39, 0.29) is 6.61 Å². The summed E-state index contributed by atoms with van der Waals surface area (Å²) >= 11 is 0. The molecule has 0 unspecified atom stereocenters. The fourth-order valence-corrected chi connectivity index (χ4v) is 2.02. The average molecular weight is 324 g/mol. The Kier molecular flexibility index (Phi) is 6.65. The maximum absolute atomic E-state index is 11.7. The van der Waals surface area contributed by atoms with E-state index in [2.05, 4.69) is 0 Å². The van der Waals surface area contributed by atoms with Crippen LogP contribution < -0.4 is 9.47 Å². The van der Waals surface area contributed by atoms with Crippen molar-refractivity contribution in [2.75, 3.05) is 20.8 Å². The van der Waals surface area contributed by atoms with Gasteiger partial charge in [0, 0.05) is 12.1 Å². The quantitative estimate of drug-likeness (QED) is 0.571. The Morgan fingerprint density at radius 3 is 2.21 bits per heavy atom. The number of rotatable bonds is 7. The fraction of sp³-hybridized carbons (Fsp3) is 0.150. The minimum atomic E-state index is -0.408. The van der Waals surface area contributed by atoms with Gasteiger partial charge in [-0.15, -0.1) is 0 Å². The number of methoxy groups -OCH3 is 2. The highest BCUT2D eigenvalue weighted by atomic mass is 16.5. The molecule has 0 atom stereocenters. The van der Waals surface area contributed by atoms with E-state index in [9.17, 15) is 4.79 Å². The van der Waals surface area contributed by atoms with Gasteiger partial charge in [-0.25, -0.2) is 4.79 Å². The molecule has 0 amide bonds. The van der Waals surface area contributed by atoms with E-state index in [4.69, 9.17) is 14.2 Å². The molecule has 0 aliphatic rings. The molecule has 0 bridgehead atoms. The summed E-state index contributed by atoms with van der Waals surface area (Å²) in [5, 5.41) is 0. The minimum absolute atomic E-state index is 0.222. The van der Waals surface area contributed by atoms with Crippen LogP contribution in [0.3, 0.4) is 0 Å². The third-order valence-corrected chi connectivity index (χ3v) is 3.22. The highest BCUT2D eigenvalue weighted by Gasteiger charge is 2.01. The molecule has 0 radical (unpaired) electrons. The molecule has 0 spiro atoms. The highest BCUT2D eigenvalue weighted by molar-refractivity contribution is 5.87. The lowest BCUT2D eigenvalue weighted by Crippen LogP contribution is -1.99. The van der Waals surface area contributed by atoms with Crippen molar-refractivity contribution in [3.05, 3.63) is 71.8 Å². The van der Waals surface area contributed by atoms with E-state index in [1.807, 2.05) is 48.5 Å². The second kappa shape index (κ2) is 9.20. The number of ether oxygens (including phenoxy) is 3. The molecule has 24 heavy (non-hydrogen) atoms. The van der Waals surface area contributed by atoms with Crippen molar-refractivity contribution < 1.29 is 19.0 Å². The molecule has 0 saturated heterocycles. The zero-order chi connectivity index (χ0) is 17.2. The van der Waals surface area contributed by atoms with Crippen molar-refractivity contribution in [1.82, 2.24) is 0 Å². The Balaban J connectivity index is 1.87. The molecule has 4 nitrogen and oxygen atoms in total. The summed E-state index contributed by atoms with van der Waals surface area (Å²) in [4.78, 5) is 11.7. The van der Waals surface area contributed by atoms with E-state index in [1.165, 1.54) is 6.08 Å². The first-order valence-electron chi connectivity index (χ1n) is 7.51. The summed E-state index contributed by atoms with van der Waals surface area (Å²) in [5.74, 6) is 0.913. The van der Waals surface area contributed by atoms with Gasteiger partial charge in [0.1, 0.15) is 18.1 Å². The van der Waals surface area contributed by atoms with Gasteiger partial charge in [0.2, 0.25) is 0 Å². The maximum atomic E-state index is 11.7. The van der Waals surface area contributed by atoms with Crippen molar-refractivity contribution in [2.24, 2.45) is 0 Å². The van der Waals surface area contributed by atoms with Crippen molar-refractivity contribution in [1.29, 1.82) is 0 Å². The molecule has 0 saturated carbocycles. The molecule has 0 N–H and O–H groups in total. The lowest BCUT2D eigenvalue weighted by Gasteiger charge is -2.05. The summed E-state index contributed by atoms with van der Waals surface area (Å²) < 4.78 is 15.5. The number of benzene rings is 2. The van der Waals surface area contributed by atoms with Crippen molar-refractivity contribution in [2.45, 2.75) is 0 Å². The van der Waals surface area contributed by atoms with Crippen molar-refractivity contribution >= 4 is 18.1 Å². The standard InChI is InChI=1S/C20H20O4/c1-22-18-13-17(14-19(15-18)23-2)10-11-20(21)24-12-6-9-16-7-4-3-5-8-16/h3-11,13-15H,12H2,1-2H3/b9-6+,11-10+. The van der Waals surface area contributed by atoms with E-state index >= 15 is 0 Å².